The molecule has 60 valence electrons. The number of hydrogen-bond acceptors (Lipinski definition) is 2. The van der Waals surface area contributed by atoms with Crippen molar-refractivity contribution in [3.63, 3.8) is 0 Å². The van der Waals surface area contributed by atoms with Gasteiger partial charge < -0.3 is 4.74 Å². The highest BCUT2D eigenvalue weighted by molar-refractivity contribution is 5.83. The monoisotopic (exact) mass is 152 g/mol. The first-order chi connectivity index (χ1) is 5.16. The zero-order chi connectivity index (χ0) is 8.69. The molecule has 0 aromatic heterocycles. The number of allylic oxidation sites excluding steroid dienone is 3. The van der Waals surface area contributed by atoms with Gasteiger partial charge in [-0.15, -0.1) is 0 Å². The Morgan fingerprint density at radius 3 is 2.55 bits per heavy atom. The molecule has 0 bridgehead atoms. The van der Waals surface area contributed by atoms with Crippen LogP contribution in [0.1, 0.15) is 13.8 Å². The van der Waals surface area contributed by atoms with Crippen molar-refractivity contribution >= 4 is 5.97 Å². The third kappa shape index (κ3) is 6.58. The van der Waals surface area contributed by atoms with Gasteiger partial charge in [0.2, 0.25) is 0 Å². The van der Waals surface area contributed by atoms with E-state index in [4.69, 9.17) is 0 Å². The van der Waals surface area contributed by atoms with E-state index in [2.05, 4.69) is 11.3 Å². The van der Waals surface area contributed by atoms with Crippen molar-refractivity contribution < 1.29 is 9.53 Å². The summed E-state index contributed by atoms with van der Waals surface area (Å²) in [5.41, 5.74) is 0.919. The molecule has 0 N–H and O–H groups in total. The van der Waals surface area contributed by atoms with Crippen molar-refractivity contribution in [3.8, 4) is 0 Å². The summed E-state index contributed by atoms with van der Waals surface area (Å²) in [6, 6.07) is 0. The first-order valence-corrected chi connectivity index (χ1v) is 3.30. The van der Waals surface area contributed by atoms with Gasteiger partial charge in [-0.1, -0.05) is 18.2 Å². The molecule has 0 radical (unpaired) electrons. The number of carbonyl (C=O) groups excluding carboxylic acids is 1. The van der Waals surface area contributed by atoms with Crippen LogP contribution >= 0.6 is 0 Å². The standard InChI is InChI=1S/C9H12O2/c1-4-5-6-11-9(10)7-8(2)3/h4-7H,1H2,2-3H3. The summed E-state index contributed by atoms with van der Waals surface area (Å²) in [7, 11) is 0. The van der Waals surface area contributed by atoms with E-state index in [0.29, 0.717) is 0 Å². The van der Waals surface area contributed by atoms with Crippen molar-refractivity contribution in [1.82, 2.24) is 0 Å². The van der Waals surface area contributed by atoms with E-state index in [1.165, 1.54) is 18.4 Å². The van der Waals surface area contributed by atoms with Gasteiger partial charge in [0.15, 0.2) is 0 Å². The maximum Gasteiger partial charge on any atom is 0.335 e. The quantitative estimate of drug-likeness (QED) is 0.268. The smallest absolute Gasteiger partial charge is 0.335 e. The van der Waals surface area contributed by atoms with Crippen LogP contribution in [0.4, 0.5) is 0 Å². The molecule has 0 aliphatic carbocycles. The highest BCUT2D eigenvalue weighted by atomic mass is 16.5. The molecule has 11 heavy (non-hydrogen) atoms. The topological polar surface area (TPSA) is 26.3 Å². The summed E-state index contributed by atoms with van der Waals surface area (Å²) in [5, 5.41) is 0. The van der Waals surface area contributed by atoms with Crippen LogP contribution in [0.25, 0.3) is 0 Å². The predicted octanol–water partition coefficient (Wildman–Crippen LogP) is 2.20. The molecule has 0 fully saturated rings. The van der Waals surface area contributed by atoms with Crippen molar-refractivity contribution in [1.29, 1.82) is 0 Å². The third-order valence-corrected chi connectivity index (χ3v) is 0.805. The van der Waals surface area contributed by atoms with Gasteiger partial charge in [0.05, 0.1) is 6.26 Å². The summed E-state index contributed by atoms with van der Waals surface area (Å²) >= 11 is 0. The molecule has 2 heteroatoms. The minimum absolute atomic E-state index is 0.358. The summed E-state index contributed by atoms with van der Waals surface area (Å²) in [5.74, 6) is -0.358. The second-order valence-corrected chi connectivity index (χ2v) is 2.22. The Labute approximate surface area is 66.9 Å². The Bertz CT molecular complexity index is 196. The van der Waals surface area contributed by atoms with Gasteiger partial charge in [0.1, 0.15) is 0 Å². The van der Waals surface area contributed by atoms with Crippen LogP contribution in [0.3, 0.4) is 0 Å². The molecule has 0 saturated carbocycles. The fourth-order valence-electron chi connectivity index (χ4n) is 0.432. The minimum atomic E-state index is -0.358. The predicted molar refractivity (Wildman–Crippen MR) is 44.9 cm³/mol. The molecule has 0 aliphatic rings. The summed E-state index contributed by atoms with van der Waals surface area (Å²) < 4.78 is 4.63. The molecule has 2 nitrogen and oxygen atoms in total. The summed E-state index contributed by atoms with van der Waals surface area (Å²) in [4.78, 5) is 10.7. The maximum atomic E-state index is 10.7. The Morgan fingerprint density at radius 1 is 1.45 bits per heavy atom. The average Bonchev–Trinajstić information content (AvgIpc) is 1.86. The number of ether oxygens (including phenoxy) is 1. The lowest BCUT2D eigenvalue weighted by Crippen LogP contribution is -1.93. The van der Waals surface area contributed by atoms with Gasteiger partial charge in [0, 0.05) is 6.08 Å². The lowest BCUT2D eigenvalue weighted by molar-refractivity contribution is -0.132. The van der Waals surface area contributed by atoms with Gasteiger partial charge in [-0.05, 0) is 19.9 Å². The second-order valence-electron chi connectivity index (χ2n) is 2.22. The third-order valence-electron chi connectivity index (χ3n) is 0.805. The normalized spacial score (nSPS) is 9.27. The van der Waals surface area contributed by atoms with Crippen LogP contribution in [0.5, 0.6) is 0 Å². The molecule has 0 unspecified atom stereocenters. The second kappa shape index (κ2) is 5.47. The minimum Gasteiger partial charge on any atom is -0.431 e. The summed E-state index contributed by atoms with van der Waals surface area (Å²) in [6.45, 7) is 7.09. The Kier molecular flexibility index (Phi) is 4.82. The zero-order valence-corrected chi connectivity index (χ0v) is 6.83. The van der Waals surface area contributed by atoms with E-state index >= 15 is 0 Å². The van der Waals surface area contributed by atoms with E-state index in [9.17, 15) is 4.79 Å². The molecule has 0 atom stereocenters. The lowest BCUT2D eigenvalue weighted by Gasteiger charge is -1.91. The number of carbonyl (C=O) groups is 1. The zero-order valence-electron chi connectivity index (χ0n) is 6.83. The van der Waals surface area contributed by atoms with E-state index in [-0.39, 0.29) is 5.97 Å². The van der Waals surface area contributed by atoms with Crippen LogP contribution in [0.15, 0.2) is 36.6 Å². The highest BCUT2D eigenvalue weighted by Gasteiger charge is 1.91. The Hall–Kier alpha value is -1.31. The van der Waals surface area contributed by atoms with E-state index in [1.807, 2.05) is 13.8 Å². The van der Waals surface area contributed by atoms with Crippen LogP contribution in [0, 0.1) is 0 Å². The molecule has 0 rings (SSSR count). The molecule has 0 aromatic carbocycles. The van der Waals surface area contributed by atoms with Gasteiger partial charge in [-0.25, -0.2) is 4.79 Å². The van der Waals surface area contributed by atoms with Crippen molar-refractivity contribution in [3.05, 3.63) is 36.6 Å². The lowest BCUT2D eigenvalue weighted by atomic mass is 10.3. The molecule has 0 aromatic rings. The molecule has 0 spiro atoms. The summed E-state index contributed by atoms with van der Waals surface area (Å²) in [6.07, 6.45) is 5.81. The Balaban J connectivity index is 3.80. The molecular formula is C9H12O2. The largest absolute Gasteiger partial charge is 0.431 e. The number of rotatable bonds is 3. The molecule has 0 aliphatic heterocycles. The first kappa shape index (κ1) is 9.69. The SMILES string of the molecule is C=CC=COC(=O)C=C(C)C. The molecule has 0 amide bonds. The average molecular weight is 152 g/mol. The van der Waals surface area contributed by atoms with Gasteiger partial charge >= 0.3 is 5.97 Å². The molecular weight excluding hydrogens is 140 g/mol. The van der Waals surface area contributed by atoms with Crippen LogP contribution < -0.4 is 0 Å². The van der Waals surface area contributed by atoms with Gasteiger partial charge in [-0.2, -0.15) is 0 Å². The van der Waals surface area contributed by atoms with Crippen molar-refractivity contribution in [2.24, 2.45) is 0 Å². The van der Waals surface area contributed by atoms with E-state index in [0.717, 1.165) is 5.57 Å². The first-order valence-electron chi connectivity index (χ1n) is 3.30. The van der Waals surface area contributed by atoms with Crippen LogP contribution in [-0.2, 0) is 9.53 Å². The van der Waals surface area contributed by atoms with Crippen molar-refractivity contribution in [2.45, 2.75) is 13.8 Å². The van der Waals surface area contributed by atoms with E-state index < -0.39 is 0 Å². The van der Waals surface area contributed by atoms with Crippen LogP contribution in [-0.4, -0.2) is 5.97 Å². The molecule has 0 saturated heterocycles. The fourth-order valence-corrected chi connectivity index (χ4v) is 0.432. The van der Waals surface area contributed by atoms with Gasteiger partial charge in [-0.3, -0.25) is 0 Å². The maximum absolute atomic E-state index is 10.7. The van der Waals surface area contributed by atoms with E-state index in [1.54, 1.807) is 6.08 Å². The fraction of sp³-hybridized carbons (Fsp3) is 0.222. The van der Waals surface area contributed by atoms with Crippen LogP contribution in [0.2, 0.25) is 0 Å². The number of hydrogen-bond donors (Lipinski definition) is 0. The highest BCUT2D eigenvalue weighted by Crippen LogP contribution is 1.91. The van der Waals surface area contributed by atoms with Gasteiger partial charge in [0.25, 0.3) is 0 Å². The Morgan fingerprint density at radius 2 is 2.09 bits per heavy atom. The number of esters is 1. The van der Waals surface area contributed by atoms with Crippen molar-refractivity contribution in [2.75, 3.05) is 0 Å². The molecule has 0 heterocycles.